The van der Waals surface area contributed by atoms with Crippen molar-refractivity contribution in [3.63, 3.8) is 0 Å². The zero-order chi connectivity index (χ0) is 15.9. The summed E-state index contributed by atoms with van der Waals surface area (Å²) < 4.78 is 16.7. The fourth-order valence-corrected chi connectivity index (χ4v) is 2.53. The van der Waals surface area contributed by atoms with Gasteiger partial charge in [-0.25, -0.2) is 0 Å². The van der Waals surface area contributed by atoms with Crippen molar-refractivity contribution in [1.29, 1.82) is 0 Å². The summed E-state index contributed by atoms with van der Waals surface area (Å²) in [6.45, 7) is 3.56. The highest BCUT2D eigenvalue weighted by Crippen LogP contribution is 2.34. The van der Waals surface area contributed by atoms with Gasteiger partial charge in [-0.3, -0.25) is 0 Å². The van der Waals surface area contributed by atoms with Crippen molar-refractivity contribution in [3.8, 4) is 11.5 Å². The van der Waals surface area contributed by atoms with E-state index in [1.54, 1.807) is 18.2 Å². The average molecular weight is 308 g/mol. The third kappa shape index (κ3) is 2.83. The van der Waals surface area contributed by atoms with Crippen LogP contribution in [0.15, 0.2) is 24.3 Å². The topological polar surface area (TPSA) is 88.4 Å². The molecule has 1 aromatic rings. The van der Waals surface area contributed by atoms with Crippen LogP contribution >= 0.6 is 0 Å². The number of fused-ring (bicyclic) bond motifs is 1. The molecule has 1 fully saturated rings. The summed E-state index contributed by atoms with van der Waals surface area (Å²) >= 11 is 0. The summed E-state index contributed by atoms with van der Waals surface area (Å²) in [5.41, 5.74) is 0.516. The van der Waals surface area contributed by atoms with Crippen LogP contribution in [-0.2, 0) is 4.74 Å². The summed E-state index contributed by atoms with van der Waals surface area (Å²) in [6, 6.07) is 5.27. The van der Waals surface area contributed by atoms with Crippen molar-refractivity contribution in [2.75, 3.05) is 6.61 Å². The normalized spacial score (nSPS) is 32.4. The second-order valence-corrected chi connectivity index (χ2v) is 6.06. The van der Waals surface area contributed by atoms with E-state index in [0.29, 0.717) is 5.75 Å². The first-order chi connectivity index (χ1) is 10.4. The van der Waals surface area contributed by atoms with E-state index in [1.165, 1.54) is 0 Å². The molecule has 3 N–H and O–H groups in total. The largest absolute Gasteiger partial charge is 0.483 e. The Bertz CT molecular complexity index is 582. The molecule has 2 aliphatic rings. The molecule has 1 aromatic carbocycles. The van der Waals surface area contributed by atoms with Crippen molar-refractivity contribution in [2.24, 2.45) is 0 Å². The molecule has 0 spiro atoms. The lowest BCUT2D eigenvalue weighted by Crippen LogP contribution is -2.35. The highest BCUT2D eigenvalue weighted by molar-refractivity contribution is 5.62. The van der Waals surface area contributed by atoms with E-state index in [9.17, 15) is 10.2 Å². The minimum Gasteiger partial charge on any atom is -0.483 e. The Balaban J connectivity index is 1.75. The van der Waals surface area contributed by atoms with Gasteiger partial charge in [0.2, 0.25) is 6.29 Å². The van der Waals surface area contributed by atoms with Gasteiger partial charge in [0.1, 0.15) is 35.4 Å². The van der Waals surface area contributed by atoms with Gasteiger partial charge in [0.15, 0.2) is 0 Å². The molecule has 0 unspecified atom stereocenters. The number of aliphatic hydroxyl groups excluding tert-OH is 3. The smallest absolute Gasteiger partial charge is 0.229 e. The average Bonchev–Trinajstić information content (AvgIpc) is 2.74. The second-order valence-electron chi connectivity index (χ2n) is 6.06. The molecule has 0 saturated carbocycles. The quantitative estimate of drug-likeness (QED) is 0.761. The molecule has 0 bridgehead atoms. The predicted octanol–water partition coefficient (Wildman–Crippen LogP) is 0.689. The van der Waals surface area contributed by atoms with Gasteiger partial charge in [-0.2, -0.15) is 0 Å². The minimum absolute atomic E-state index is 0.349. The number of aliphatic hydroxyl groups is 3. The summed E-state index contributed by atoms with van der Waals surface area (Å²) in [6.07, 6.45) is -0.346. The van der Waals surface area contributed by atoms with Crippen LogP contribution in [0.5, 0.6) is 11.5 Å². The number of rotatable bonds is 3. The van der Waals surface area contributed by atoms with E-state index in [4.69, 9.17) is 19.3 Å². The Labute approximate surface area is 128 Å². The van der Waals surface area contributed by atoms with Gasteiger partial charge in [0.25, 0.3) is 0 Å². The summed E-state index contributed by atoms with van der Waals surface area (Å²) in [7, 11) is 0. The van der Waals surface area contributed by atoms with Crippen LogP contribution in [0.25, 0.3) is 6.08 Å². The Morgan fingerprint density at radius 3 is 2.68 bits per heavy atom. The maximum absolute atomic E-state index is 9.88. The monoisotopic (exact) mass is 308 g/mol. The highest BCUT2D eigenvalue weighted by Gasteiger charge is 2.43. The Hall–Kier alpha value is -1.60. The molecule has 22 heavy (non-hydrogen) atoms. The van der Waals surface area contributed by atoms with Crippen molar-refractivity contribution in [3.05, 3.63) is 29.8 Å². The fraction of sp³-hybridized carbons (Fsp3) is 0.500. The SMILES string of the molecule is CC1(C)C=Cc2cc(O[C@H]3O[C@H](CO)[C@@H](O)[C@@H]3O)ccc2O1. The summed E-state index contributed by atoms with van der Waals surface area (Å²) in [5, 5.41) is 28.7. The zero-order valence-electron chi connectivity index (χ0n) is 12.5. The summed E-state index contributed by atoms with van der Waals surface area (Å²) in [5.74, 6) is 1.24. The Morgan fingerprint density at radius 1 is 1.23 bits per heavy atom. The summed E-state index contributed by atoms with van der Waals surface area (Å²) in [4.78, 5) is 0. The third-order valence-electron chi connectivity index (χ3n) is 3.77. The highest BCUT2D eigenvalue weighted by atomic mass is 16.7. The molecule has 1 saturated heterocycles. The fourth-order valence-electron chi connectivity index (χ4n) is 2.53. The van der Waals surface area contributed by atoms with E-state index >= 15 is 0 Å². The molecule has 120 valence electrons. The van der Waals surface area contributed by atoms with Gasteiger partial charge < -0.3 is 29.5 Å². The van der Waals surface area contributed by atoms with Crippen LogP contribution in [0.3, 0.4) is 0 Å². The van der Waals surface area contributed by atoms with Crippen molar-refractivity contribution in [1.82, 2.24) is 0 Å². The van der Waals surface area contributed by atoms with Crippen molar-refractivity contribution >= 4 is 6.08 Å². The van der Waals surface area contributed by atoms with Crippen LogP contribution < -0.4 is 9.47 Å². The zero-order valence-corrected chi connectivity index (χ0v) is 12.5. The van der Waals surface area contributed by atoms with Crippen molar-refractivity contribution < 1.29 is 29.5 Å². The van der Waals surface area contributed by atoms with Gasteiger partial charge in [0.05, 0.1) is 6.61 Å². The predicted molar refractivity (Wildman–Crippen MR) is 78.6 cm³/mol. The molecular weight excluding hydrogens is 288 g/mol. The standard InChI is InChI=1S/C16H20O6/c1-16(2)6-5-9-7-10(3-4-11(9)22-16)20-15-14(19)13(18)12(8-17)21-15/h3-7,12-15,17-19H,8H2,1-2H3/t12-,13-,14+,15+/m1/s1. The maximum atomic E-state index is 9.88. The molecule has 2 aliphatic heterocycles. The Kier molecular flexibility index (Phi) is 3.86. The van der Waals surface area contributed by atoms with Gasteiger partial charge in [-0.15, -0.1) is 0 Å². The second kappa shape index (κ2) is 5.55. The molecule has 4 atom stereocenters. The van der Waals surface area contributed by atoms with Crippen molar-refractivity contribution in [2.45, 2.75) is 44.1 Å². The molecule has 0 radical (unpaired) electrons. The molecule has 6 heteroatoms. The van der Waals surface area contributed by atoms with Gasteiger partial charge in [-0.05, 0) is 38.1 Å². The van der Waals surface area contributed by atoms with E-state index in [1.807, 2.05) is 26.0 Å². The first-order valence-corrected chi connectivity index (χ1v) is 7.21. The lowest BCUT2D eigenvalue weighted by molar-refractivity contribution is -0.116. The van der Waals surface area contributed by atoms with Gasteiger partial charge in [-0.1, -0.05) is 6.08 Å². The van der Waals surface area contributed by atoms with Crippen LogP contribution in [-0.4, -0.2) is 52.1 Å². The lowest BCUT2D eigenvalue weighted by Gasteiger charge is -2.28. The lowest BCUT2D eigenvalue weighted by atomic mass is 10.0. The molecule has 0 amide bonds. The van der Waals surface area contributed by atoms with E-state index in [0.717, 1.165) is 11.3 Å². The number of hydrogen-bond acceptors (Lipinski definition) is 6. The molecule has 6 nitrogen and oxygen atoms in total. The van der Waals surface area contributed by atoms with Crippen LogP contribution in [0, 0.1) is 0 Å². The molecule has 2 heterocycles. The van der Waals surface area contributed by atoms with Gasteiger partial charge >= 0.3 is 0 Å². The number of hydrogen-bond donors (Lipinski definition) is 3. The third-order valence-corrected chi connectivity index (χ3v) is 3.77. The van der Waals surface area contributed by atoms with Crippen LogP contribution in [0.2, 0.25) is 0 Å². The van der Waals surface area contributed by atoms with E-state index < -0.39 is 24.6 Å². The molecule has 3 rings (SSSR count). The molecule has 0 aromatic heterocycles. The van der Waals surface area contributed by atoms with E-state index in [-0.39, 0.29) is 12.2 Å². The van der Waals surface area contributed by atoms with Crippen LogP contribution in [0.1, 0.15) is 19.4 Å². The first-order valence-electron chi connectivity index (χ1n) is 7.21. The molecular formula is C16H20O6. The minimum atomic E-state index is -1.21. The van der Waals surface area contributed by atoms with Gasteiger partial charge in [0, 0.05) is 5.56 Å². The number of benzene rings is 1. The Morgan fingerprint density at radius 2 is 2.00 bits per heavy atom. The molecule has 0 aliphatic carbocycles. The van der Waals surface area contributed by atoms with E-state index in [2.05, 4.69) is 0 Å². The maximum Gasteiger partial charge on any atom is 0.229 e. The number of ether oxygens (including phenoxy) is 3. The van der Waals surface area contributed by atoms with Crippen LogP contribution in [0.4, 0.5) is 0 Å². The first kappa shape index (κ1) is 15.3.